The molecule has 0 aliphatic heterocycles. The molecule has 0 unspecified atom stereocenters. The summed E-state index contributed by atoms with van der Waals surface area (Å²) in [6.45, 7) is 1.93. The van der Waals surface area contributed by atoms with E-state index in [0.717, 1.165) is 16.7 Å². The summed E-state index contributed by atoms with van der Waals surface area (Å²) in [4.78, 5) is 25.8. The fourth-order valence-corrected chi connectivity index (χ4v) is 3.83. The highest BCUT2D eigenvalue weighted by molar-refractivity contribution is 6.10. The van der Waals surface area contributed by atoms with Crippen molar-refractivity contribution in [3.8, 4) is 17.2 Å². The molecule has 158 valence electrons. The second-order valence-corrected chi connectivity index (χ2v) is 6.95. The van der Waals surface area contributed by atoms with E-state index in [1.165, 1.54) is 0 Å². The first-order chi connectivity index (χ1) is 14.5. The second-order valence-electron chi connectivity index (χ2n) is 6.95. The summed E-state index contributed by atoms with van der Waals surface area (Å²) >= 11 is 0. The lowest BCUT2D eigenvalue weighted by Crippen LogP contribution is -2.34. The van der Waals surface area contributed by atoms with Crippen LogP contribution < -0.4 is 14.2 Å². The standard InChI is InChI=1S/C24H26O6/c1-5-30-24(26)23-20(19-14-18(28-3)9-10-22(19)29-4)12-16(13-21(23)25)15-7-6-8-17(11-15)27-2/h6-11,13-14,20,23H,5,12H2,1-4H3/t20-,23-/m0/s1. The van der Waals surface area contributed by atoms with Crippen molar-refractivity contribution in [3.63, 3.8) is 0 Å². The lowest BCUT2D eigenvalue weighted by atomic mass is 9.73. The van der Waals surface area contributed by atoms with E-state index in [1.807, 2.05) is 30.3 Å². The Morgan fingerprint density at radius 2 is 1.73 bits per heavy atom. The van der Waals surface area contributed by atoms with Gasteiger partial charge in [0.2, 0.25) is 0 Å². The van der Waals surface area contributed by atoms with Gasteiger partial charge < -0.3 is 18.9 Å². The molecular formula is C24H26O6. The summed E-state index contributed by atoms with van der Waals surface area (Å²) in [6.07, 6.45) is 2.01. The van der Waals surface area contributed by atoms with Crippen molar-refractivity contribution in [1.82, 2.24) is 0 Å². The van der Waals surface area contributed by atoms with Crippen molar-refractivity contribution >= 4 is 17.3 Å². The molecule has 0 saturated heterocycles. The molecule has 0 N–H and O–H groups in total. The number of hydrogen-bond donors (Lipinski definition) is 0. The topological polar surface area (TPSA) is 71.1 Å². The molecule has 2 atom stereocenters. The fraction of sp³-hybridized carbons (Fsp3) is 0.333. The van der Waals surface area contributed by atoms with Gasteiger partial charge in [-0.25, -0.2) is 0 Å². The van der Waals surface area contributed by atoms with Crippen molar-refractivity contribution in [3.05, 3.63) is 59.7 Å². The molecular weight excluding hydrogens is 384 g/mol. The summed E-state index contributed by atoms with van der Waals surface area (Å²) in [5.74, 6) is -0.296. The van der Waals surface area contributed by atoms with Gasteiger partial charge in [0, 0.05) is 11.5 Å². The predicted molar refractivity (Wildman–Crippen MR) is 113 cm³/mol. The van der Waals surface area contributed by atoms with E-state index in [4.69, 9.17) is 18.9 Å². The molecule has 2 aromatic carbocycles. The van der Waals surface area contributed by atoms with E-state index in [1.54, 1.807) is 46.5 Å². The van der Waals surface area contributed by atoms with Crippen molar-refractivity contribution < 1.29 is 28.5 Å². The van der Waals surface area contributed by atoms with Crippen LogP contribution in [0.4, 0.5) is 0 Å². The molecule has 30 heavy (non-hydrogen) atoms. The highest BCUT2D eigenvalue weighted by atomic mass is 16.5. The molecule has 2 aromatic rings. The van der Waals surface area contributed by atoms with Crippen LogP contribution in [-0.4, -0.2) is 39.7 Å². The third-order valence-corrected chi connectivity index (χ3v) is 5.28. The van der Waals surface area contributed by atoms with Gasteiger partial charge in [-0.3, -0.25) is 9.59 Å². The van der Waals surface area contributed by atoms with E-state index in [0.29, 0.717) is 23.7 Å². The average Bonchev–Trinajstić information content (AvgIpc) is 2.78. The molecule has 0 aromatic heterocycles. The SMILES string of the molecule is CCOC(=O)[C@@H]1C(=O)C=C(c2cccc(OC)c2)C[C@H]1c1cc(OC)ccc1OC. The van der Waals surface area contributed by atoms with Crippen LogP contribution in [-0.2, 0) is 14.3 Å². The Kier molecular flexibility index (Phi) is 6.77. The summed E-state index contributed by atoms with van der Waals surface area (Å²) in [5.41, 5.74) is 2.43. The Morgan fingerprint density at radius 1 is 1.00 bits per heavy atom. The number of methoxy groups -OCH3 is 3. The fourth-order valence-electron chi connectivity index (χ4n) is 3.83. The second kappa shape index (κ2) is 9.48. The van der Waals surface area contributed by atoms with Gasteiger partial charge in [0.1, 0.15) is 23.2 Å². The Balaban J connectivity index is 2.11. The number of ketones is 1. The minimum Gasteiger partial charge on any atom is -0.497 e. The maximum Gasteiger partial charge on any atom is 0.317 e. The van der Waals surface area contributed by atoms with Crippen LogP contribution in [0.1, 0.15) is 30.4 Å². The van der Waals surface area contributed by atoms with E-state index in [9.17, 15) is 9.59 Å². The lowest BCUT2D eigenvalue weighted by Gasteiger charge is -2.30. The van der Waals surface area contributed by atoms with Gasteiger partial charge in [-0.2, -0.15) is 0 Å². The minimum absolute atomic E-state index is 0.205. The molecule has 3 rings (SSSR count). The molecule has 0 heterocycles. The molecule has 1 aliphatic carbocycles. The molecule has 6 heteroatoms. The third kappa shape index (κ3) is 4.32. The zero-order chi connectivity index (χ0) is 21.7. The van der Waals surface area contributed by atoms with E-state index >= 15 is 0 Å². The first-order valence-corrected chi connectivity index (χ1v) is 9.79. The Hall–Kier alpha value is -3.28. The number of hydrogen-bond acceptors (Lipinski definition) is 6. The number of ether oxygens (including phenoxy) is 4. The van der Waals surface area contributed by atoms with Crippen LogP contribution >= 0.6 is 0 Å². The van der Waals surface area contributed by atoms with Crippen LogP contribution in [0.2, 0.25) is 0 Å². The normalized spacial score (nSPS) is 18.4. The number of carbonyl (C=O) groups is 2. The molecule has 0 saturated carbocycles. The summed E-state index contributed by atoms with van der Waals surface area (Å²) in [5, 5.41) is 0. The molecule has 0 radical (unpaired) electrons. The number of benzene rings is 2. The zero-order valence-corrected chi connectivity index (χ0v) is 17.6. The van der Waals surface area contributed by atoms with Crippen molar-refractivity contribution in [1.29, 1.82) is 0 Å². The smallest absolute Gasteiger partial charge is 0.317 e. The van der Waals surface area contributed by atoms with E-state index in [2.05, 4.69) is 0 Å². The molecule has 0 fully saturated rings. The van der Waals surface area contributed by atoms with Gasteiger partial charge in [0.25, 0.3) is 0 Å². The third-order valence-electron chi connectivity index (χ3n) is 5.28. The monoisotopic (exact) mass is 410 g/mol. The molecule has 6 nitrogen and oxygen atoms in total. The maximum atomic E-state index is 13.1. The maximum absolute atomic E-state index is 13.1. The Morgan fingerprint density at radius 3 is 2.40 bits per heavy atom. The van der Waals surface area contributed by atoms with Gasteiger partial charge >= 0.3 is 5.97 Å². The summed E-state index contributed by atoms with van der Waals surface area (Å²) in [7, 11) is 4.73. The zero-order valence-electron chi connectivity index (χ0n) is 17.6. The first kappa shape index (κ1) is 21.4. The van der Waals surface area contributed by atoms with Gasteiger partial charge in [-0.1, -0.05) is 12.1 Å². The number of carbonyl (C=O) groups excluding carboxylic acids is 2. The van der Waals surface area contributed by atoms with Crippen LogP contribution in [0, 0.1) is 5.92 Å². The van der Waals surface area contributed by atoms with Crippen molar-refractivity contribution in [2.45, 2.75) is 19.3 Å². The average molecular weight is 410 g/mol. The molecule has 0 spiro atoms. The number of rotatable bonds is 7. The van der Waals surface area contributed by atoms with Crippen LogP contribution in [0.15, 0.2) is 48.5 Å². The molecule has 1 aliphatic rings. The van der Waals surface area contributed by atoms with Gasteiger partial charge in [-0.05, 0) is 60.9 Å². The Bertz CT molecular complexity index is 962. The summed E-state index contributed by atoms with van der Waals surface area (Å²) in [6, 6.07) is 12.9. The minimum atomic E-state index is -0.944. The highest BCUT2D eigenvalue weighted by Crippen LogP contribution is 2.44. The molecule has 0 amide bonds. The number of allylic oxidation sites excluding steroid dienone is 2. The molecule has 0 bridgehead atoms. The van der Waals surface area contributed by atoms with Gasteiger partial charge in [0.05, 0.1) is 27.9 Å². The van der Waals surface area contributed by atoms with Crippen LogP contribution in [0.5, 0.6) is 17.2 Å². The Labute approximate surface area is 176 Å². The van der Waals surface area contributed by atoms with Crippen LogP contribution in [0.3, 0.4) is 0 Å². The van der Waals surface area contributed by atoms with Gasteiger partial charge in [-0.15, -0.1) is 0 Å². The summed E-state index contributed by atoms with van der Waals surface area (Å²) < 4.78 is 21.5. The van der Waals surface area contributed by atoms with E-state index < -0.39 is 17.8 Å². The largest absolute Gasteiger partial charge is 0.497 e. The first-order valence-electron chi connectivity index (χ1n) is 9.79. The van der Waals surface area contributed by atoms with E-state index in [-0.39, 0.29) is 12.4 Å². The van der Waals surface area contributed by atoms with Crippen molar-refractivity contribution in [2.24, 2.45) is 5.92 Å². The predicted octanol–water partition coefficient (Wildman–Crippen LogP) is 4.03. The highest BCUT2D eigenvalue weighted by Gasteiger charge is 2.41. The van der Waals surface area contributed by atoms with Crippen molar-refractivity contribution in [2.75, 3.05) is 27.9 Å². The van der Waals surface area contributed by atoms with Crippen LogP contribution in [0.25, 0.3) is 5.57 Å². The lowest BCUT2D eigenvalue weighted by molar-refractivity contribution is -0.151. The number of esters is 1. The van der Waals surface area contributed by atoms with Gasteiger partial charge in [0.15, 0.2) is 5.78 Å². The quantitative estimate of drug-likeness (QED) is 0.507.